The van der Waals surface area contributed by atoms with Gasteiger partial charge in [0.1, 0.15) is 18.4 Å². The molecule has 0 saturated carbocycles. The Morgan fingerprint density at radius 1 is 0.800 bits per heavy atom. The molecule has 4 nitrogen and oxygen atoms in total. The molecule has 0 spiro atoms. The molecule has 0 bridgehead atoms. The zero-order valence-corrected chi connectivity index (χ0v) is 19.5. The molecule has 0 aliphatic carbocycles. The van der Waals surface area contributed by atoms with Crippen molar-refractivity contribution in [2.45, 2.75) is 25.7 Å². The number of hydrogen-bond donors (Lipinski definition) is 0. The van der Waals surface area contributed by atoms with Gasteiger partial charge >= 0.3 is 0 Å². The summed E-state index contributed by atoms with van der Waals surface area (Å²) >= 11 is 0. The van der Waals surface area contributed by atoms with Gasteiger partial charge in [0.05, 0.1) is 18.2 Å². The van der Waals surface area contributed by atoms with Crippen molar-refractivity contribution in [3.8, 4) is 34.1 Å². The van der Waals surface area contributed by atoms with Crippen LogP contribution < -0.4 is 4.74 Å². The Kier molecular flexibility index (Phi) is 9.71. The summed E-state index contributed by atoms with van der Waals surface area (Å²) < 4.78 is 20.3. The standard InChI is InChI=1S/C29H25FN2O.CH2O/c30-29-20-27(13-14-28(29)26-11-7-23(21-31)8-12-26)33-19-3-1-2-4-22-5-9-24(10-6-22)25-15-17-32-18-16-25;1-2/h5-18,20H,1-4,19H2;1H2. The number of ether oxygens (including phenoxy) is 1. The normalized spacial score (nSPS) is 10.1. The summed E-state index contributed by atoms with van der Waals surface area (Å²) in [7, 11) is 0. The smallest absolute Gasteiger partial charge is 0.134 e. The first kappa shape index (κ1) is 25.3. The summed E-state index contributed by atoms with van der Waals surface area (Å²) in [5.41, 5.74) is 5.51. The average molecular weight is 467 g/mol. The van der Waals surface area contributed by atoms with E-state index < -0.39 is 0 Å². The molecule has 1 heterocycles. The van der Waals surface area contributed by atoms with Crippen molar-refractivity contribution >= 4 is 6.79 Å². The number of carbonyl (C=O) groups excluding carboxylic acids is 1. The molecular formula is C30H27FN2O2. The van der Waals surface area contributed by atoms with E-state index in [1.54, 1.807) is 36.4 Å². The lowest BCUT2D eigenvalue weighted by molar-refractivity contribution is -0.0979. The zero-order valence-electron chi connectivity index (χ0n) is 19.5. The highest BCUT2D eigenvalue weighted by molar-refractivity contribution is 5.66. The predicted molar refractivity (Wildman–Crippen MR) is 136 cm³/mol. The molecule has 0 unspecified atom stereocenters. The Hall–Kier alpha value is -4.30. The maximum absolute atomic E-state index is 14.5. The Morgan fingerprint density at radius 3 is 2.11 bits per heavy atom. The van der Waals surface area contributed by atoms with Crippen molar-refractivity contribution in [2.24, 2.45) is 0 Å². The first-order valence-electron chi connectivity index (χ1n) is 11.4. The largest absolute Gasteiger partial charge is 0.493 e. The van der Waals surface area contributed by atoms with Gasteiger partial charge in [-0.15, -0.1) is 0 Å². The average Bonchev–Trinajstić information content (AvgIpc) is 2.93. The first-order chi connectivity index (χ1) is 17.2. The number of halogens is 1. The second kappa shape index (κ2) is 13.4. The quantitative estimate of drug-likeness (QED) is 0.248. The van der Waals surface area contributed by atoms with Gasteiger partial charge in [-0.3, -0.25) is 4.98 Å². The molecule has 5 heteroatoms. The topological polar surface area (TPSA) is 63.0 Å². The second-order valence-corrected chi connectivity index (χ2v) is 7.92. The molecule has 4 aromatic rings. The van der Waals surface area contributed by atoms with Gasteiger partial charge in [-0.1, -0.05) is 36.4 Å². The van der Waals surface area contributed by atoms with E-state index in [2.05, 4.69) is 35.3 Å². The van der Waals surface area contributed by atoms with Gasteiger partial charge < -0.3 is 9.53 Å². The predicted octanol–water partition coefficient (Wildman–Crippen LogP) is 7.03. The summed E-state index contributed by atoms with van der Waals surface area (Å²) in [4.78, 5) is 12.1. The highest BCUT2D eigenvalue weighted by Crippen LogP contribution is 2.27. The molecule has 35 heavy (non-hydrogen) atoms. The van der Waals surface area contributed by atoms with E-state index in [-0.39, 0.29) is 5.82 Å². The van der Waals surface area contributed by atoms with Crippen LogP contribution in [-0.2, 0) is 11.2 Å². The molecule has 0 aliphatic heterocycles. The van der Waals surface area contributed by atoms with Gasteiger partial charge in [0.15, 0.2) is 0 Å². The highest BCUT2D eigenvalue weighted by atomic mass is 19.1. The fourth-order valence-corrected chi connectivity index (χ4v) is 3.75. The van der Waals surface area contributed by atoms with Gasteiger partial charge in [-0.05, 0) is 84.3 Å². The minimum Gasteiger partial charge on any atom is -0.493 e. The first-order valence-corrected chi connectivity index (χ1v) is 11.4. The van der Waals surface area contributed by atoms with E-state index in [9.17, 15) is 4.39 Å². The molecule has 0 radical (unpaired) electrons. The summed E-state index contributed by atoms with van der Waals surface area (Å²) in [5.74, 6) is 0.212. The number of nitrogens with zero attached hydrogens (tertiary/aromatic N) is 2. The van der Waals surface area contributed by atoms with E-state index >= 15 is 0 Å². The third-order valence-electron chi connectivity index (χ3n) is 5.61. The molecule has 0 saturated heterocycles. The van der Waals surface area contributed by atoms with Crippen LogP contribution in [0.4, 0.5) is 4.39 Å². The van der Waals surface area contributed by atoms with E-state index in [0.29, 0.717) is 23.5 Å². The van der Waals surface area contributed by atoms with Crippen LogP contribution in [0, 0.1) is 17.1 Å². The molecular weight excluding hydrogens is 439 g/mol. The van der Waals surface area contributed by atoms with Gasteiger partial charge in [0.2, 0.25) is 0 Å². The monoisotopic (exact) mass is 466 g/mol. The molecule has 1 aromatic heterocycles. The van der Waals surface area contributed by atoms with E-state index in [4.69, 9.17) is 14.8 Å². The molecule has 176 valence electrons. The fraction of sp³-hybridized carbons (Fsp3) is 0.167. The van der Waals surface area contributed by atoms with E-state index in [0.717, 1.165) is 31.2 Å². The molecule has 4 rings (SSSR count). The minimum atomic E-state index is -0.326. The van der Waals surface area contributed by atoms with Gasteiger partial charge in [-0.2, -0.15) is 5.26 Å². The summed E-state index contributed by atoms with van der Waals surface area (Å²) in [5, 5.41) is 8.89. The third kappa shape index (κ3) is 7.35. The second-order valence-electron chi connectivity index (χ2n) is 7.92. The zero-order chi connectivity index (χ0) is 24.9. The van der Waals surface area contributed by atoms with Gasteiger partial charge in [0.25, 0.3) is 0 Å². The number of unbranched alkanes of at least 4 members (excludes halogenated alkanes) is 2. The van der Waals surface area contributed by atoms with Crippen LogP contribution in [0.15, 0.2) is 91.3 Å². The molecule has 3 aromatic carbocycles. The minimum absolute atomic E-state index is 0.326. The van der Waals surface area contributed by atoms with Crippen LogP contribution >= 0.6 is 0 Å². The summed E-state index contributed by atoms with van der Waals surface area (Å²) in [6.45, 7) is 2.57. The van der Waals surface area contributed by atoms with Crippen LogP contribution in [0.1, 0.15) is 30.4 Å². The number of aromatic nitrogens is 1. The van der Waals surface area contributed by atoms with Crippen LogP contribution in [0.5, 0.6) is 5.75 Å². The van der Waals surface area contributed by atoms with Crippen LogP contribution in [0.2, 0.25) is 0 Å². The fourth-order valence-electron chi connectivity index (χ4n) is 3.75. The lowest BCUT2D eigenvalue weighted by Crippen LogP contribution is -1.98. The van der Waals surface area contributed by atoms with E-state index in [1.165, 1.54) is 22.8 Å². The van der Waals surface area contributed by atoms with E-state index in [1.807, 2.05) is 31.3 Å². The van der Waals surface area contributed by atoms with Crippen molar-refractivity contribution in [1.29, 1.82) is 5.26 Å². The number of nitriles is 1. The van der Waals surface area contributed by atoms with Crippen molar-refractivity contribution < 1.29 is 13.9 Å². The van der Waals surface area contributed by atoms with Crippen molar-refractivity contribution in [1.82, 2.24) is 4.98 Å². The molecule has 0 fully saturated rings. The molecule has 0 N–H and O–H groups in total. The number of rotatable bonds is 9. The molecule has 0 amide bonds. The van der Waals surface area contributed by atoms with Gasteiger partial charge in [-0.25, -0.2) is 4.39 Å². The van der Waals surface area contributed by atoms with Crippen LogP contribution in [0.3, 0.4) is 0 Å². The Labute approximate surface area is 205 Å². The number of carbonyl (C=O) groups is 1. The third-order valence-corrected chi connectivity index (χ3v) is 5.61. The van der Waals surface area contributed by atoms with Crippen LogP contribution in [-0.4, -0.2) is 18.4 Å². The number of benzene rings is 3. The van der Waals surface area contributed by atoms with Crippen molar-refractivity contribution in [3.05, 3.63) is 108 Å². The number of hydrogen-bond acceptors (Lipinski definition) is 4. The van der Waals surface area contributed by atoms with Crippen molar-refractivity contribution in [3.63, 3.8) is 0 Å². The Morgan fingerprint density at radius 2 is 1.46 bits per heavy atom. The Bertz CT molecular complexity index is 1230. The highest BCUT2D eigenvalue weighted by Gasteiger charge is 2.07. The lowest BCUT2D eigenvalue weighted by Gasteiger charge is -2.09. The summed E-state index contributed by atoms with van der Waals surface area (Å²) in [6, 6.07) is 26.6. The number of pyridine rings is 1. The lowest BCUT2D eigenvalue weighted by atomic mass is 10.0. The Balaban J connectivity index is 0.00000167. The maximum atomic E-state index is 14.5. The molecule has 0 aliphatic rings. The maximum Gasteiger partial charge on any atom is 0.134 e. The number of aryl methyl sites for hydroxylation is 1. The SMILES string of the molecule is C=O.N#Cc1ccc(-c2ccc(OCCCCCc3ccc(-c4ccncc4)cc3)cc2F)cc1. The van der Waals surface area contributed by atoms with Crippen LogP contribution in [0.25, 0.3) is 22.3 Å². The van der Waals surface area contributed by atoms with Crippen molar-refractivity contribution in [2.75, 3.05) is 6.61 Å². The molecule has 0 atom stereocenters. The summed E-state index contributed by atoms with van der Waals surface area (Å²) in [6.07, 6.45) is 7.72. The van der Waals surface area contributed by atoms with Gasteiger partial charge in [0, 0.05) is 24.0 Å².